The molecule has 2 fully saturated rings. The molecule has 0 unspecified atom stereocenters. The second kappa shape index (κ2) is 9.82. The fourth-order valence-corrected chi connectivity index (χ4v) is 3.96. The average Bonchev–Trinajstić information content (AvgIpc) is 2.75. The van der Waals surface area contributed by atoms with E-state index in [1.807, 2.05) is 0 Å². The van der Waals surface area contributed by atoms with Crippen molar-refractivity contribution in [2.75, 3.05) is 26.2 Å². The molecule has 1 aromatic rings. The number of hydrogen-bond donors (Lipinski definition) is 2. The van der Waals surface area contributed by atoms with Crippen LogP contribution in [0.3, 0.4) is 0 Å². The van der Waals surface area contributed by atoms with Gasteiger partial charge >= 0.3 is 12.1 Å². The summed E-state index contributed by atoms with van der Waals surface area (Å²) in [5.74, 6) is -3.59. The normalized spacial score (nSPS) is 21.1. The predicted octanol–water partition coefficient (Wildman–Crippen LogP) is 2.21. The fourth-order valence-electron chi connectivity index (χ4n) is 3.64. The molecule has 0 radical (unpaired) electrons. The fraction of sp³-hybridized carbons (Fsp3) is 0.526. The number of amides is 2. The number of halogens is 5. The number of nitrogens with zero attached hydrogens (tertiary/aromatic N) is 1. The number of alkyl halides is 3. The Kier molecular flexibility index (Phi) is 7.53. The van der Waals surface area contributed by atoms with Crippen molar-refractivity contribution in [2.45, 2.75) is 31.2 Å². The van der Waals surface area contributed by atoms with Crippen molar-refractivity contribution in [1.82, 2.24) is 10.2 Å². The number of carbonyl (C=O) groups is 3. The lowest BCUT2D eigenvalue weighted by atomic mass is 9.85. The van der Waals surface area contributed by atoms with Crippen molar-refractivity contribution in [3.8, 4) is 5.75 Å². The second-order valence-corrected chi connectivity index (χ2v) is 8.30. The first-order valence-corrected chi connectivity index (χ1v) is 10.4. The van der Waals surface area contributed by atoms with E-state index in [1.54, 1.807) is 4.90 Å². The van der Waals surface area contributed by atoms with E-state index < -0.39 is 30.0 Å². The standard InChI is InChI=1S/C19H20Cl2F3N3O5/c20-11-5-10(13(6-12(11)21)32-18(30)19(22,23)24)16(25)9-1-3-27(4-2-9)17(29)14-7-26-15(28)8-31-14/h5-6,9,14,16H,1-4,7-8,25H2,(H,26,28)/t14-,16+/m0/s1. The van der Waals surface area contributed by atoms with Crippen molar-refractivity contribution in [1.29, 1.82) is 0 Å². The number of esters is 1. The zero-order valence-electron chi connectivity index (χ0n) is 16.6. The van der Waals surface area contributed by atoms with E-state index in [-0.39, 0.29) is 46.5 Å². The van der Waals surface area contributed by atoms with Gasteiger partial charge in [-0.2, -0.15) is 13.2 Å². The minimum absolute atomic E-state index is 0.0491. The molecule has 2 aliphatic rings. The molecule has 2 aliphatic heterocycles. The van der Waals surface area contributed by atoms with E-state index in [2.05, 4.69) is 10.1 Å². The number of rotatable bonds is 4. The molecule has 32 heavy (non-hydrogen) atoms. The first kappa shape index (κ1) is 24.6. The van der Waals surface area contributed by atoms with E-state index in [0.717, 1.165) is 6.07 Å². The molecule has 13 heteroatoms. The summed E-state index contributed by atoms with van der Waals surface area (Å²) in [4.78, 5) is 36.7. The van der Waals surface area contributed by atoms with Gasteiger partial charge in [-0.15, -0.1) is 0 Å². The van der Waals surface area contributed by atoms with Gasteiger partial charge in [0.15, 0.2) is 6.10 Å². The summed E-state index contributed by atoms with van der Waals surface area (Å²) < 4.78 is 47.7. The molecule has 3 N–H and O–H groups in total. The second-order valence-electron chi connectivity index (χ2n) is 7.48. The summed E-state index contributed by atoms with van der Waals surface area (Å²) >= 11 is 11.9. The molecular weight excluding hydrogens is 478 g/mol. The van der Waals surface area contributed by atoms with Crippen LogP contribution < -0.4 is 15.8 Å². The van der Waals surface area contributed by atoms with Crippen LogP contribution >= 0.6 is 23.2 Å². The lowest BCUT2D eigenvalue weighted by Gasteiger charge is -2.37. The van der Waals surface area contributed by atoms with Gasteiger partial charge in [-0.05, 0) is 24.8 Å². The first-order valence-electron chi connectivity index (χ1n) is 9.68. The predicted molar refractivity (Wildman–Crippen MR) is 107 cm³/mol. The lowest BCUT2D eigenvalue weighted by molar-refractivity contribution is -0.189. The molecule has 2 amide bonds. The average molecular weight is 498 g/mol. The highest BCUT2D eigenvalue weighted by atomic mass is 35.5. The monoisotopic (exact) mass is 497 g/mol. The van der Waals surface area contributed by atoms with Crippen molar-refractivity contribution < 1.29 is 37.0 Å². The van der Waals surface area contributed by atoms with Crippen LogP contribution in [0.4, 0.5) is 13.2 Å². The molecule has 0 aromatic heterocycles. The molecule has 0 saturated carbocycles. The number of likely N-dealkylation sites (tertiary alicyclic amines) is 1. The van der Waals surface area contributed by atoms with Crippen LogP contribution in [0.2, 0.25) is 10.0 Å². The summed E-state index contributed by atoms with van der Waals surface area (Å²) in [6, 6.07) is 1.49. The number of morpholine rings is 1. The van der Waals surface area contributed by atoms with Gasteiger partial charge in [0, 0.05) is 30.8 Å². The summed E-state index contributed by atoms with van der Waals surface area (Å²) in [5, 5.41) is 2.53. The number of hydrogen-bond acceptors (Lipinski definition) is 6. The molecule has 176 valence electrons. The van der Waals surface area contributed by atoms with Crippen LogP contribution in [0, 0.1) is 5.92 Å². The van der Waals surface area contributed by atoms with Gasteiger partial charge < -0.3 is 25.4 Å². The molecule has 2 heterocycles. The topological polar surface area (TPSA) is 111 Å². The third-order valence-corrected chi connectivity index (χ3v) is 6.10. The largest absolute Gasteiger partial charge is 0.491 e. The summed E-state index contributed by atoms with van der Waals surface area (Å²) in [5.41, 5.74) is 6.42. The van der Waals surface area contributed by atoms with E-state index >= 15 is 0 Å². The maximum atomic E-state index is 12.7. The van der Waals surface area contributed by atoms with Crippen LogP contribution in [-0.2, 0) is 19.1 Å². The SMILES string of the molecule is N[C@@H](c1cc(Cl)c(Cl)cc1OC(=O)C(F)(F)F)C1CCN(C(=O)[C@@H]2CNC(=O)CO2)CC1. The summed E-state index contributed by atoms with van der Waals surface area (Å²) in [7, 11) is 0. The Balaban J connectivity index is 1.68. The van der Waals surface area contributed by atoms with Crippen molar-refractivity contribution in [3.63, 3.8) is 0 Å². The lowest BCUT2D eigenvalue weighted by Crippen LogP contribution is -2.53. The minimum Gasteiger partial charge on any atom is -0.419 e. The molecule has 1 aromatic carbocycles. The molecule has 0 spiro atoms. The number of benzene rings is 1. The Labute approximate surface area is 191 Å². The molecule has 8 nitrogen and oxygen atoms in total. The quantitative estimate of drug-likeness (QED) is 0.487. The highest BCUT2D eigenvalue weighted by molar-refractivity contribution is 6.42. The van der Waals surface area contributed by atoms with Crippen LogP contribution in [0.1, 0.15) is 24.4 Å². The Morgan fingerprint density at radius 1 is 1.22 bits per heavy atom. The van der Waals surface area contributed by atoms with Crippen molar-refractivity contribution in [3.05, 3.63) is 27.7 Å². The Morgan fingerprint density at radius 2 is 1.84 bits per heavy atom. The van der Waals surface area contributed by atoms with Crippen LogP contribution in [0.15, 0.2) is 12.1 Å². The first-order chi connectivity index (χ1) is 15.0. The third-order valence-electron chi connectivity index (χ3n) is 5.38. The number of piperidine rings is 1. The van der Waals surface area contributed by atoms with Gasteiger partial charge in [0.2, 0.25) is 5.91 Å². The Hall–Kier alpha value is -2.08. The van der Waals surface area contributed by atoms with Crippen LogP contribution in [-0.4, -0.2) is 61.2 Å². The van der Waals surface area contributed by atoms with Gasteiger partial charge in [-0.3, -0.25) is 9.59 Å². The van der Waals surface area contributed by atoms with Crippen molar-refractivity contribution in [2.24, 2.45) is 11.7 Å². The summed E-state index contributed by atoms with van der Waals surface area (Å²) in [6.45, 7) is 0.580. The van der Waals surface area contributed by atoms with Gasteiger partial charge in [0.1, 0.15) is 12.4 Å². The van der Waals surface area contributed by atoms with E-state index in [4.69, 9.17) is 33.7 Å². The molecule has 2 saturated heterocycles. The number of nitrogens with one attached hydrogen (secondary N) is 1. The molecule has 2 atom stereocenters. The van der Waals surface area contributed by atoms with Crippen molar-refractivity contribution >= 4 is 41.0 Å². The smallest absolute Gasteiger partial charge is 0.419 e. The van der Waals surface area contributed by atoms with Crippen LogP contribution in [0.25, 0.3) is 0 Å². The summed E-state index contributed by atoms with van der Waals surface area (Å²) in [6.07, 6.45) is -5.07. The Morgan fingerprint density at radius 3 is 2.41 bits per heavy atom. The van der Waals surface area contributed by atoms with Gasteiger partial charge in [-0.25, -0.2) is 4.79 Å². The van der Waals surface area contributed by atoms with E-state index in [1.165, 1.54) is 6.07 Å². The van der Waals surface area contributed by atoms with Gasteiger partial charge in [0.05, 0.1) is 16.6 Å². The Bertz CT molecular complexity index is 897. The number of carbonyl (C=O) groups excluding carboxylic acids is 3. The molecular formula is C19H20Cl2F3N3O5. The highest BCUT2D eigenvalue weighted by Crippen LogP contribution is 2.39. The third kappa shape index (κ3) is 5.64. The number of ether oxygens (including phenoxy) is 2. The van der Waals surface area contributed by atoms with Gasteiger partial charge in [-0.1, -0.05) is 23.2 Å². The van der Waals surface area contributed by atoms with Crippen LogP contribution in [0.5, 0.6) is 5.75 Å². The molecule has 3 rings (SSSR count). The molecule has 0 aliphatic carbocycles. The number of nitrogens with two attached hydrogens (primary N) is 1. The maximum absolute atomic E-state index is 12.7. The maximum Gasteiger partial charge on any atom is 0.491 e. The van der Waals surface area contributed by atoms with E-state index in [9.17, 15) is 27.6 Å². The zero-order chi connectivity index (χ0) is 23.6. The molecule has 0 bridgehead atoms. The van der Waals surface area contributed by atoms with Gasteiger partial charge in [0.25, 0.3) is 5.91 Å². The highest BCUT2D eigenvalue weighted by Gasteiger charge is 2.42. The minimum atomic E-state index is -5.19. The van der Waals surface area contributed by atoms with E-state index in [0.29, 0.717) is 25.9 Å². The zero-order valence-corrected chi connectivity index (χ0v) is 18.1.